The second-order valence-electron chi connectivity index (χ2n) is 8.14. The van der Waals surface area contributed by atoms with E-state index in [0.717, 1.165) is 22.4 Å². The quantitative estimate of drug-likeness (QED) is 0.282. The molecule has 0 unspecified atom stereocenters. The Hall–Kier alpha value is -5.30. The average molecular weight is 491 g/mol. The number of carbonyl (C=O) groups is 1. The summed E-state index contributed by atoms with van der Waals surface area (Å²) in [7, 11) is 1.66. The molecule has 37 heavy (non-hydrogen) atoms. The standard InChI is InChI=1S/C27H22N8O2/c1-4-26(36)34(3)10-5-6-19-13-22-23(15-28-19)29-16-31-27(22)33-20-7-8-24(18(2)12-20)37-21-9-11-35-25(14-21)30-17-32-35/h4,7-9,11-17H,1,10H2,2-3H3,(H,29,31,33). The van der Waals surface area contributed by atoms with Crippen molar-refractivity contribution >= 4 is 34.0 Å². The van der Waals surface area contributed by atoms with E-state index in [2.05, 4.69) is 48.8 Å². The number of ether oxygens (including phenoxy) is 1. The molecule has 5 aromatic rings. The molecule has 0 spiro atoms. The van der Waals surface area contributed by atoms with Gasteiger partial charge < -0.3 is 15.0 Å². The first kappa shape index (κ1) is 23.4. The molecule has 0 atom stereocenters. The molecule has 182 valence electrons. The van der Waals surface area contributed by atoms with E-state index in [9.17, 15) is 4.79 Å². The van der Waals surface area contributed by atoms with Crippen molar-refractivity contribution in [3.05, 3.63) is 85.4 Å². The van der Waals surface area contributed by atoms with E-state index >= 15 is 0 Å². The molecule has 0 radical (unpaired) electrons. The number of rotatable bonds is 6. The largest absolute Gasteiger partial charge is 0.457 e. The van der Waals surface area contributed by atoms with Gasteiger partial charge in [-0.3, -0.25) is 4.79 Å². The molecule has 1 N–H and O–H groups in total. The molecular weight excluding hydrogens is 468 g/mol. The zero-order chi connectivity index (χ0) is 25.8. The Morgan fingerprint density at radius 3 is 2.89 bits per heavy atom. The predicted molar refractivity (Wildman–Crippen MR) is 140 cm³/mol. The number of fused-ring (bicyclic) bond motifs is 2. The average Bonchev–Trinajstić information content (AvgIpc) is 3.38. The molecule has 0 saturated carbocycles. The van der Waals surface area contributed by atoms with Crippen LogP contribution in [0, 0.1) is 18.8 Å². The zero-order valence-corrected chi connectivity index (χ0v) is 20.2. The Morgan fingerprint density at radius 2 is 2.05 bits per heavy atom. The van der Waals surface area contributed by atoms with Crippen LogP contribution >= 0.6 is 0 Å². The molecule has 10 nitrogen and oxygen atoms in total. The van der Waals surface area contributed by atoms with Crippen molar-refractivity contribution < 1.29 is 9.53 Å². The van der Waals surface area contributed by atoms with Crippen LogP contribution in [0.2, 0.25) is 0 Å². The van der Waals surface area contributed by atoms with Crippen LogP contribution in [0.5, 0.6) is 11.5 Å². The number of pyridine rings is 2. The highest BCUT2D eigenvalue weighted by atomic mass is 16.5. The van der Waals surface area contributed by atoms with Crippen molar-refractivity contribution in [2.45, 2.75) is 6.92 Å². The van der Waals surface area contributed by atoms with Gasteiger partial charge in [0.15, 0.2) is 5.65 Å². The maximum absolute atomic E-state index is 11.6. The Kier molecular flexibility index (Phi) is 6.42. The van der Waals surface area contributed by atoms with Crippen LogP contribution in [0.25, 0.3) is 16.6 Å². The summed E-state index contributed by atoms with van der Waals surface area (Å²) in [6, 6.07) is 11.3. The minimum Gasteiger partial charge on any atom is -0.457 e. The summed E-state index contributed by atoms with van der Waals surface area (Å²) in [5, 5.41) is 8.23. The SMILES string of the molecule is C=CC(=O)N(C)CC#Cc1cc2c(Nc3ccc(Oc4ccn5ncnc5c4)c(C)c3)ncnc2cn1. The molecule has 1 aromatic carbocycles. The van der Waals surface area contributed by atoms with E-state index < -0.39 is 0 Å². The molecule has 0 saturated heterocycles. The lowest BCUT2D eigenvalue weighted by Gasteiger charge is -2.12. The molecule has 0 aliphatic carbocycles. The van der Waals surface area contributed by atoms with Gasteiger partial charge in [0, 0.05) is 30.4 Å². The third-order valence-electron chi connectivity index (χ3n) is 5.52. The van der Waals surface area contributed by atoms with E-state index in [0.29, 0.717) is 28.4 Å². The van der Waals surface area contributed by atoms with Crippen LogP contribution in [-0.2, 0) is 4.79 Å². The van der Waals surface area contributed by atoms with Crippen molar-refractivity contribution in [3.63, 3.8) is 0 Å². The summed E-state index contributed by atoms with van der Waals surface area (Å²) in [5.41, 5.74) is 3.72. The van der Waals surface area contributed by atoms with Gasteiger partial charge in [-0.1, -0.05) is 12.5 Å². The molecule has 0 bridgehead atoms. The summed E-state index contributed by atoms with van der Waals surface area (Å²) >= 11 is 0. The lowest BCUT2D eigenvalue weighted by molar-refractivity contribution is -0.124. The number of nitrogens with zero attached hydrogens (tertiary/aromatic N) is 7. The first-order chi connectivity index (χ1) is 18.0. The Labute approximate surface area is 212 Å². The van der Waals surface area contributed by atoms with Crippen LogP contribution in [0.4, 0.5) is 11.5 Å². The molecule has 4 aromatic heterocycles. The first-order valence-electron chi connectivity index (χ1n) is 11.3. The minimum absolute atomic E-state index is 0.191. The third kappa shape index (κ3) is 5.21. The van der Waals surface area contributed by atoms with E-state index in [1.54, 1.807) is 24.0 Å². The predicted octanol–water partition coefficient (Wildman–Crippen LogP) is 3.91. The fourth-order valence-corrected chi connectivity index (χ4v) is 3.57. The normalized spacial score (nSPS) is 10.5. The topological polar surface area (TPSA) is 110 Å². The van der Waals surface area contributed by atoms with Crippen molar-refractivity contribution in [2.75, 3.05) is 18.9 Å². The third-order valence-corrected chi connectivity index (χ3v) is 5.52. The number of anilines is 2. The highest BCUT2D eigenvalue weighted by Gasteiger charge is 2.09. The Balaban J connectivity index is 1.35. The van der Waals surface area contributed by atoms with E-state index in [-0.39, 0.29) is 12.5 Å². The second kappa shape index (κ2) is 10.1. The highest BCUT2D eigenvalue weighted by Crippen LogP contribution is 2.30. The van der Waals surface area contributed by atoms with Crippen LogP contribution in [-0.4, -0.2) is 53.9 Å². The van der Waals surface area contributed by atoms with Gasteiger partial charge in [0.1, 0.15) is 35.7 Å². The maximum atomic E-state index is 11.6. The molecule has 1 amide bonds. The Bertz CT molecular complexity index is 1700. The molecule has 4 heterocycles. The van der Waals surface area contributed by atoms with Gasteiger partial charge in [0.05, 0.1) is 18.3 Å². The molecule has 10 heteroatoms. The van der Waals surface area contributed by atoms with Crippen molar-refractivity contribution in [1.82, 2.24) is 34.4 Å². The van der Waals surface area contributed by atoms with Crippen molar-refractivity contribution in [1.29, 1.82) is 0 Å². The van der Waals surface area contributed by atoms with E-state index in [4.69, 9.17) is 4.74 Å². The van der Waals surface area contributed by atoms with Gasteiger partial charge in [0.25, 0.3) is 0 Å². The van der Waals surface area contributed by atoms with Crippen molar-refractivity contribution in [3.8, 4) is 23.3 Å². The van der Waals surface area contributed by atoms with Crippen LogP contribution in [0.1, 0.15) is 11.3 Å². The smallest absolute Gasteiger partial charge is 0.246 e. The van der Waals surface area contributed by atoms with Crippen molar-refractivity contribution in [2.24, 2.45) is 0 Å². The van der Waals surface area contributed by atoms with Gasteiger partial charge in [-0.15, -0.1) is 0 Å². The summed E-state index contributed by atoms with van der Waals surface area (Å²) in [6.45, 7) is 5.72. The molecule has 0 aliphatic rings. The number of hydrogen-bond acceptors (Lipinski definition) is 8. The minimum atomic E-state index is -0.191. The van der Waals surface area contributed by atoms with Crippen LogP contribution in [0.15, 0.2) is 74.1 Å². The number of nitrogens with one attached hydrogen (secondary N) is 1. The van der Waals surface area contributed by atoms with E-state index in [1.807, 2.05) is 43.3 Å². The summed E-state index contributed by atoms with van der Waals surface area (Å²) in [6.07, 6.45) is 7.69. The Morgan fingerprint density at radius 1 is 1.16 bits per heavy atom. The number of likely N-dealkylation sites (N-methyl/N-ethyl adjacent to an activating group) is 1. The number of hydrogen-bond donors (Lipinski definition) is 1. The summed E-state index contributed by atoms with van der Waals surface area (Å²) in [4.78, 5) is 30.4. The first-order valence-corrected chi connectivity index (χ1v) is 11.3. The number of benzene rings is 1. The van der Waals surface area contributed by atoms with Crippen LogP contribution < -0.4 is 10.1 Å². The van der Waals surface area contributed by atoms with Gasteiger partial charge in [-0.25, -0.2) is 24.5 Å². The number of carbonyl (C=O) groups excluding carboxylic acids is 1. The highest BCUT2D eigenvalue weighted by molar-refractivity contribution is 5.91. The lowest BCUT2D eigenvalue weighted by atomic mass is 10.2. The second-order valence-corrected chi connectivity index (χ2v) is 8.14. The van der Waals surface area contributed by atoms with Crippen LogP contribution in [0.3, 0.4) is 0 Å². The summed E-state index contributed by atoms with van der Waals surface area (Å²) < 4.78 is 7.74. The molecule has 5 rings (SSSR count). The van der Waals surface area contributed by atoms with E-state index in [1.165, 1.54) is 23.6 Å². The molecular formula is C27H22N8O2. The molecule has 0 aliphatic heterocycles. The summed E-state index contributed by atoms with van der Waals surface area (Å²) in [5.74, 6) is 7.77. The monoisotopic (exact) mass is 490 g/mol. The van der Waals surface area contributed by atoms with Gasteiger partial charge >= 0.3 is 0 Å². The zero-order valence-electron chi connectivity index (χ0n) is 20.2. The van der Waals surface area contributed by atoms with Gasteiger partial charge in [0.2, 0.25) is 5.91 Å². The number of amides is 1. The molecule has 0 fully saturated rings. The van der Waals surface area contributed by atoms with Gasteiger partial charge in [-0.2, -0.15) is 5.10 Å². The maximum Gasteiger partial charge on any atom is 0.246 e. The van der Waals surface area contributed by atoms with Gasteiger partial charge in [-0.05, 0) is 54.8 Å². The lowest BCUT2D eigenvalue weighted by Crippen LogP contribution is -2.24. The fraction of sp³-hybridized carbons (Fsp3) is 0.111. The number of aromatic nitrogens is 6. The fourth-order valence-electron chi connectivity index (χ4n) is 3.57. The number of aryl methyl sites for hydroxylation is 1.